The van der Waals surface area contributed by atoms with Crippen LogP contribution in [0, 0.1) is 0 Å². The van der Waals surface area contributed by atoms with Gasteiger partial charge in [-0.15, -0.1) is 0 Å². The SMILES string of the molecule is O=CN1CCN(CCN=CC2=C(O)CC(c3ccccc3)CC2=O)CC1. The highest BCUT2D eigenvalue weighted by Crippen LogP contribution is 2.32. The number of aliphatic imine (C=N–C) groups is 1. The van der Waals surface area contributed by atoms with Crippen molar-refractivity contribution in [2.45, 2.75) is 18.8 Å². The molecule has 3 rings (SSSR count). The molecular formula is C20H25N3O3. The van der Waals surface area contributed by atoms with Gasteiger partial charge in [0.05, 0.1) is 12.1 Å². The summed E-state index contributed by atoms with van der Waals surface area (Å²) in [6.45, 7) is 4.56. The Kier molecular flexibility index (Phi) is 6.17. The van der Waals surface area contributed by atoms with Crippen molar-refractivity contribution in [2.24, 2.45) is 4.99 Å². The Labute approximate surface area is 153 Å². The minimum atomic E-state index is -0.0500. The van der Waals surface area contributed by atoms with Gasteiger partial charge in [0, 0.05) is 51.8 Å². The van der Waals surface area contributed by atoms with Crippen LogP contribution in [-0.4, -0.2) is 72.6 Å². The fourth-order valence-corrected chi connectivity index (χ4v) is 3.46. The van der Waals surface area contributed by atoms with Crippen molar-refractivity contribution in [3.8, 4) is 0 Å². The Morgan fingerprint density at radius 3 is 2.50 bits per heavy atom. The van der Waals surface area contributed by atoms with E-state index in [1.165, 1.54) is 6.21 Å². The predicted molar refractivity (Wildman–Crippen MR) is 101 cm³/mol. The maximum atomic E-state index is 12.4. The van der Waals surface area contributed by atoms with Crippen LogP contribution in [0.4, 0.5) is 0 Å². The van der Waals surface area contributed by atoms with Crippen LogP contribution in [0.5, 0.6) is 0 Å². The lowest BCUT2D eigenvalue weighted by atomic mass is 9.83. The highest BCUT2D eigenvalue weighted by Gasteiger charge is 2.27. The molecule has 1 atom stereocenters. The standard InChI is InChI=1S/C20H25N3O3/c24-15-23-10-8-22(9-11-23)7-6-21-14-18-19(25)12-17(13-20(18)26)16-4-2-1-3-5-16/h1-5,14-15,17,25H,6-13H2. The van der Waals surface area contributed by atoms with E-state index in [-0.39, 0.29) is 17.5 Å². The lowest BCUT2D eigenvalue weighted by Gasteiger charge is -2.31. The van der Waals surface area contributed by atoms with E-state index in [0.29, 0.717) is 25.0 Å². The van der Waals surface area contributed by atoms with Crippen molar-refractivity contribution in [1.82, 2.24) is 9.80 Å². The molecule has 0 aromatic heterocycles. The minimum absolute atomic E-state index is 0.0370. The molecule has 0 bridgehead atoms. The zero-order valence-electron chi connectivity index (χ0n) is 14.9. The number of aliphatic hydroxyl groups excluding tert-OH is 1. The fourth-order valence-electron chi connectivity index (χ4n) is 3.46. The van der Waals surface area contributed by atoms with Gasteiger partial charge in [-0.3, -0.25) is 19.5 Å². The van der Waals surface area contributed by atoms with Crippen LogP contribution < -0.4 is 0 Å². The van der Waals surface area contributed by atoms with Gasteiger partial charge in [-0.2, -0.15) is 0 Å². The van der Waals surface area contributed by atoms with Crippen molar-refractivity contribution in [2.75, 3.05) is 39.3 Å². The van der Waals surface area contributed by atoms with Crippen LogP contribution in [0.3, 0.4) is 0 Å². The van der Waals surface area contributed by atoms with E-state index in [0.717, 1.165) is 44.7 Å². The molecule has 138 valence electrons. The van der Waals surface area contributed by atoms with Crippen molar-refractivity contribution >= 4 is 18.4 Å². The number of aliphatic hydroxyl groups is 1. The quantitative estimate of drug-likeness (QED) is 0.624. The highest BCUT2D eigenvalue weighted by molar-refractivity contribution is 6.14. The Morgan fingerprint density at radius 1 is 1.12 bits per heavy atom. The molecule has 1 aromatic carbocycles. The third-order valence-electron chi connectivity index (χ3n) is 5.08. The van der Waals surface area contributed by atoms with Crippen molar-refractivity contribution in [3.63, 3.8) is 0 Å². The number of Topliss-reactive ketones (excluding diaryl/α,β-unsaturated/α-hetero) is 1. The van der Waals surface area contributed by atoms with Gasteiger partial charge >= 0.3 is 0 Å². The molecule has 0 spiro atoms. The zero-order valence-corrected chi connectivity index (χ0v) is 14.9. The monoisotopic (exact) mass is 355 g/mol. The Balaban J connectivity index is 1.52. The third-order valence-corrected chi connectivity index (χ3v) is 5.08. The first kappa shape index (κ1) is 18.3. The first-order chi connectivity index (χ1) is 12.7. The second kappa shape index (κ2) is 8.76. The summed E-state index contributed by atoms with van der Waals surface area (Å²) in [5.41, 5.74) is 1.43. The summed E-state index contributed by atoms with van der Waals surface area (Å²) in [5, 5.41) is 10.3. The number of ketones is 1. The average Bonchev–Trinajstić information content (AvgIpc) is 2.68. The number of benzene rings is 1. The molecule has 0 radical (unpaired) electrons. The van der Waals surface area contributed by atoms with E-state index in [2.05, 4.69) is 9.89 Å². The molecule has 6 heteroatoms. The Hall–Kier alpha value is -2.47. The molecule has 1 fully saturated rings. The first-order valence-corrected chi connectivity index (χ1v) is 9.09. The summed E-state index contributed by atoms with van der Waals surface area (Å²) in [5.74, 6) is 0.124. The number of amides is 1. The lowest BCUT2D eigenvalue weighted by Crippen LogP contribution is -2.46. The molecule has 1 amide bonds. The summed E-state index contributed by atoms with van der Waals surface area (Å²) in [6, 6.07) is 9.84. The summed E-state index contributed by atoms with van der Waals surface area (Å²) in [4.78, 5) is 31.5. The van der Waals surface area contributed by atoms with E-state index in [1.807, 2.05) is 30.3 Å². The van der Waals surface area contributed by atoms with E-state index >= 15 is 0 Å². The number of hydrogen-bond acceptors (Lipinski definition) is 5. The maximum Gasteiger partial charge on any atom is 0.209 e. The van der Waals surface area contributed by atoms with Gasteiger partial charge in [0.2, 0.25) is 6.41 Å². The average molecular weight is 355 g/mol. The second-order valence-electron chi connectivity index (χ2n) is 6.82. The smallest absolute Gasteiger partial charge is 0.209 e. The van der Waals surface area contributed by atoms with Gasteiger partial charge in [0.15, 0.2) is 5.78 Å². The topological polar surface area (TPSA) is 73.2 Å². The van der Waals surface area contributed by atoms with Gasteiger partial charge in [0.1, 0.15) is 5.76 Å². The molecule has 1 aromatic rings. The summed E-state index contributed by atoms with van der Waals surface area (Å²) in [7, 11) is 0. The molecule has 1 heterocycles. The second-order valence-corrected chi connectivity index (χ2v) is 6.82. The number of carbonyl (C=O) groups excluding carboxylic acids is 2. The van der Waals surface area contributed by atoms with Crippen LogP contribution in [-0.2, 0) is 9.59 Å². The predicted octanol–water partition coefficient (Wildman–Crippen LogP) is 1.79. The molecule has 0 saturated carbocycles. The minimum Gasteiger partial charge on any atom is -0.511 e. The molecule has 26 heavy (non-hydrogen) atoms. The number of piperazine rings is 1. The molecule has 6 nitrogen and oxygen atoms in total. The fraction of sp³-hybridized carbons (Fsp3) is 0.450. The summed E-state index contributed by atoms with van der Waals surface area (Å²) in [6.07, 6.45) is 3.30. The largest absolute Gasteiger partial charge is 0.511 e. The normalized spacial score (nSPS) is 22.2. The highest BCUT2D eigenvalue weighted by atomic mass is 16.3. The van der Waals surface area contributed by atoms with E-state index in [4.69, 9.17) is 0 Å². The molecular weight excluding hydrogens is 330 g/mol. The Morgan fingerprint density at radius 2 is 1.85 bits per heavy atom. The lowest BCUT2D eigenvalue weighted by molar-refractivity contribution is -0.119. The van der Waals surface area contributed by atoms with Crippen LogP contribution >= 0.6 is 0 Å². The van der Waals surface area contributed by atoms with Gasteiger partial charge in [-0.25, -0.2) is 0 Å². The first-order valence-electron chi connectivity index (χ1n) is 9.09. The van der Waals surface area contributed by atoms with Gasteiger partial charge in [0.25, 0.3) is 0 Å². The number of rotatable bonds is 6. The zero-order chi connectivity index (χ0) is 18.4. The molecule has 1 unspecified atom stereocenters. The molecule has 1 saturated heterocycles. The van der Waals surface area contributed by atoms with E-state index < -0.39 is 0 Å². The molecule has 1 N–H and O–H groups in total. The van der Waals surface area contributed by atoms with Crippen LogP contribution in [0.1, 0.15) is 24.3 Å². The number of carbonyl (C=O) groups is 2. The van der Waals surface area contributed by atoms with E-state index in [1.54, 1.807) is 4.90 Å². The summed E-state index contributed by atoms with van der Waals surface area (Å²) >= 11 is 0. The van der Waals surface area contributed by atoms with Crippen LogP contribution in [0.15, 0.2) is 46.7 Å². The van der Waals surface area contributed by atoms with Crippen molar-refractivity contribution < 1.29 is 14.7 Å². The van der Waals surface area contributed by atoms with Crippen LogP contribution in [0.25, 0.3) is 0 Å². The molecule has 1 aliphatic carbocycles. The number of allylic oxidation sites excluding steroid dienone is 2. The summed E-state index contributed by atoms with van der Waals surface area (Å²) < 4.78 is 0. The molecule has 2 aliphatic rings. The van der Waals surface area contributed by atoms with Crippen LogP contribution in [0.2, 0.25) is 0 Å². The van der Waals surface area contributed by atoms with Crippen molar-refractivity contribution in [3.05, 3.63) is 47.2 Å². The molecule has 1 aliphatic heterocycles. The third kappa shape index (κ3) is 4.58. The van der Waals surface area contributed by atoms with Gasteiger partial charge in [-0.05, 0) is 11.5 Å². The number of nitrogens with zero attached hydrogens (tertiary/aromatic N) is 3. The van der Waals surface area contributed by atoms with Gasteiger partial charge < -0.3 is 10.0 Å². The van der Waals surface area contributed by atoms with E-state index in [9.17, 15) is 14.7 Å². The van der Waals surface area contributed by atoms with Crippen molar-refractivity contribution in [1.29, 1.82) is 0 Å². The number of hydrogen-bond donors (Lipinski definition) is 1. The Bertz CT molecular complexity index is 692. The van der Waals surface area contributed by atoms with Gasteiger partial charge in [-0.1, -0.05) is 30.3 Å². The maximum absolute atomic E-state index is 12.4.